The number of hydrogen-bond donors (Lipinski definition) is 1. The van der Waals surface area contributed by atoms with E-state index in [-0.39, 0.29) is 0 Å². The van der Waals surface area contributed by atoms with Gasteiger partial charge in [0.15, 0.2) is 0 Å². The van der Waals surface area contributed by atoms with Gasteiger partial charge < -0.3 is 10.1 Å². The first-order valence-corrected chi connectivity index (χ1v) is 5.86. The molecule has 1 fully saturated rings. The zero-order chi connectivity index (χ0) is 10.5. The van der Waals surface area contributed by atoms with E-state index < -0.39 is 0 Å². The quantitative estimate of drug-likeness (QED) is 0.819. The van der Waals surface area contributed by atoms with Crippen LogP contribution in [0.15, 0.2) is 24.3 Å². The van der Waals surface area contributed by atoms with E-state index in [4.69, 9.17) is 4.74 Å². The lowest BCUT2D eigenvalue weighted by molar-refractivity contribution is 0.338. The summed E-state index contributed by atoms with van der Waals surface area (Å²) in [5, 5.41) is 3.55. The van der Waals surface area contributed by atoms with Crippen LogP contribution in [0.25, 0.3) is 0 Å². The SMILES string of the molecule is CCOc1cccc(C2CCCCN2)c1. The summed E-state index contributed by atoms with van der Waals surface area (Å²) in [6.45, 7) is 3.90. The molecule has 1 heterocycles. The maximum absolute atomic E-state index is 5.51. The Morgan fingerprint density at radius 2 is 2.33 bits per heavy atom. The van der Waals surface area contributed by atoms with Crippen LogP contribution in [0.2, 0.25) is 0 Å². The van der Waals surface area contributed by atoms with Crippen molar-refractivity contribution < 1.29 is 4.74 Å². The molecular weight excluding hydrogens is 186 g/mol. The van der Waals surface area contributed by atoms with Crippen LogP contribution in [-0.4, -0.2) is 13.2 Å². The van der Waals surface area contributed by atoms with Crippen molar-refractivity contribution in [3.63, 3.8) is 0 Å². The molecule has 1 aliphatic heterocycles. The third-order valence-corrected chi connectivity index (χ3v) is 2.88. The highest BCUT2D eigenvalue weighted by molar-refractivity contribution is 5.30. The number of rotatable bonds is 3. The van der Waals surface area contributed by atoms with Gasteiger partial charge in [-0.15, -0.1) is 0 Å². The second-order valence-corrected chi connectivity index (χ2v) is 4.01. The third-order valence-electron chi connectivity index (χ3n) is 2.88. The molecule has 1 aromatic rings. The zero-order valence-corrected chi connectivity index (χ0v) is 9.33. The van der Waals surface area contributed by atoms with Crippen LogP contribution < -0.4 is 10.1 Å². The average Bonchev–Trinajstić information content (AvgIpc) is 2.31. The summed E-state index contributed by atoms with van der Waals surface area (Å²) in [6, 6.07) is 8.98. The molecule has 0 aliphatic carbocycles. The van der Waals surface area contributed by atoms with Crippen LogP contribution in [0.3, 0.4) is 0 Å². The molecule has 1 unspecified atom stereocenters. The van der Waals surface area contributed by atoms with E-state index >= 15 is 0 Å². The number of benzene rings is 1. The van der Waals surface area contributed by atoms with E-state index in [1.165, 1.54) is 24.8 Å². The van der Waals surface area contributed by atoms with Gasteiger partial charge in [0.05, 0.1) is 6.61 Å². The Hall–Kier alpha value is -1.02. The largest absolute Gasteiger partial charge is 0.494 e. The van der Waals surface area contributed by atoms with Crippen LogP contribution in [0, 0.1) is 0 Å². The molecule has 0 aromatic heterocycles. The fourth-order valence-corrected chi connectivity index (χ4v) is 2.12. The number of ether oxygens (including phenoxy) is 1. The highest BCUT2D eigenvalue weighted by Gasteiger charge is 2.14. The molecule has 1 aromatic carbocycles. The standard InChI is InChI=1S/C13H19NO/c1-2-15-12-7-5-6-11(10-12)13-8-3-4-9-14-13/h5-7,10,13-14H,2-4,8-9H2,1H3. The molecule has 82 valence electrons. The Kier molecular flexibility index (Phi) is 3.62. The summed E-state index contributed by atoms with van der Waals surface area (Å²) >= 11 is 0. The van der Waals surface area contributed by atoms with Crippen molar-refractivity contribution in [3.05, 3.63) is 29.8 Å². The van der Waals surface area contributed by atoms with E-state index in [2.05, 4.69) is 23.5 Å². The van der Waals surface area contributed by atoms with Crippen molar-refractivity contribution >= 4 is 0 Å². The molecule has 2 heteroatoms. The van der Waals surface area contributed by atoms with Gasteiger partial charge in [-0.1, -0.05) is 18.6 Å². The summed E-state index contributed by atoms with van der Waals surface area (Å²) < 4.78 is 5.51. The molecule has 15 heavy (non-hydrogen) atoms. The highest BCUT2D eigenvalue weighted by atomic mass is 16.5. The van der Waals surface area contributed by atoms with E-state index in [1.807, 2.05) is 13.0 Å². The van der Waals surface area contributed by atoms with E-state index in [0.29, 0.717) is 6.04 Å². The average molecular weight is 205 g/mol. The highest BCUT2D eigenvalue weighted by Crippen LogP contribution is 2.25. The smallest absolute Gasteiger partial charge is 0.119 e. The van der Waals surface area contributed by atoms with Crippen LogP contribution in [0.5, 0.6) is 5.75 Å². The fraction of sp³-hybridized carbons (Fsp3) is 0.538. The molecule has 2 nitrogen and oxygen atoms in total. The predicted octanol–water partition coefficient (Wildman–Crippen LogP) is 2.90. The first kappa shape index (κ1) is 10.5. The summed E-state index contributed by atoms with van der Waals surface area (Å²) in [6.07, 6.45) is 3.88. The van der Waals surface area contributed by atoms with Gasteiger partial charge in [-0.3, -0.25) is 0 Å². The van der Waals surface area contributed by atoms with Crippen LogP contribution in [0.4, 0.5) is 0 Å². The van der Waals surface area contributed by atoms with Crippen LogP contribution in [0.1, 0.15) is 37.8 Å². The molecule has 0 radical (unpaired) electrons. The Bertz CT molecular complexity index is 305. The van der Waals surface area contributed by atoms with E-state index in [9.17, 15) is 0 Å². The lowest BCUT2D eigenvalue weighted by Gasteiger charge is -2.24. The second kappa shape index (κ2) is 5.17. The lowest BCUT2D eigenvalue weighted by Crippen LogP contribution is -2.26. The van der Waals surface area contributed by atoms with E-state index in [1.54, 1.807) is 0 Å². The molecule has 2 rings (SSSR count). The van der Waals surface area contributed by atoms with Gasteiger partial charge in [-0.2, -0.15) is 0 Å². The molecule has 1 atom stereocenters. The maximum atomic E-state index is 5.51. The van der Waals surface area contributed by atoms with Gasteiger partial charge in [-0.05, 0) is 44.0 Å². The summed E-state index contributed by atoms with van der Waals surface area (Å²) in [5.41, 5.74) is 1.36. The Morgan fingerprint density at radius 3 is 3.07 bits per heavy atom. The monoisotopic (exact) mass is 205 g/mol. The number of hydrogen-bond acceptors (Lipinski definition) is 2. The second-order valence-electron chi connectivity index (χ2n) is 4.01. The topological polar surface area (TPSA) is 21.3 Å². The van der Waals surface area contributed by atoms with Crippen LogP contribution in [-0.2, 0) is 0 Å². The normalized spacial score (nSPS) is 21.3. The zero-order valence-electron chi connectivity index (χ0n) is 9.33. The van der Waals surface area contributed by atoms with Crippen molar-refractivity contribution in [2.45, 2.75) is 32.2 Å². The van der Waals surface area contributed by atoms with Gasteiger partial charge in [0.2, 0.25) is 0 Å². The van der Waals surface area contributed by atoms with Crippen molar-refractivity contribution in [2.75, 3.05) is 13.2 Å². The van der Waals surface area contributed by atoms with Gasteiger partial charge in [0, 0.05) is 6.04 Å². The van der Waals surface area contributed by atoms with E-state index in [0.717, 1.165) is 18.9 Å². The van der Waals surface area contributed by atoms with Gasteiger partial charge >= 0.3 is 0 Å². The predicted molar refractivity (Wildman–Crippen MR) is 62.2 cm³/mol. The van der Waals surface area contributed by atoms with Crippen molar-refractivity contribution in [2.24, 2.45) is 0 Å². The van der Waals surface area contributed by atoms with Gasteiger partial charge in [0.1, 0.15) is 5.75 Å². The fourth-order valence-electron chi connectivity index (χ4n) is 2.12. The Labute approximate surface area is 91.6 Å². The third kappa shape index (κ3) is 2.72. The Balaban J connectivity index is 2.09. The lowest BCUT2D eigenvalue weighted by atomic mass is 9.97. The van der Waals surface area contributed by atoms with Gasteiger partial charge in [0.25, 0.3) is 0 Å². The Morgan fingerprint density at radius 1 is 1.40 bits per heavy atom. The van der Waals surface area contributed by atoms with Crippen LogP contribution >= 0.6 is 0 Å². The van der Waals surface area contributed by atoms with Gasteiger partial charge in [-0.25, -0.2) is 0 Å². The number of piperidine rings is 1. The molecule has 1 aliphatic rings. The minimum Gasteiger partial charge on any atom is -0.494 e. The molecule has 0 saturated carbocycles. The molecular formula is C13H19NO. The minimum absolute atomic E-state index is 0.527. The number of nitrogens with one attached hydrogen (secondary N) is 1. The molecule has 1 N–H and O–H groups in total. The summed E-state index contributed by atoms with van der Waals surface area (Å²) in [5.74, 6) is 0.988. The molecule has 0 spiro atoms. The first-order chi connectivity index (χ1) is 7.40. The summed E-state index contributed by atoms with van der Waals surface area (Å²) in [7, 11) is 0. The van der Waals surface area contributed by atoms with Crippen molar-refractivity contribution in [3.8, 4) is 5.75 Å². The van der Waals surface area contributed by atoms with Crippen molar-refractivity contribution in [1.29, 1.82) is 0 Å². The molecule has 1 saturated heterocycles. The first-order valence-electron chi connectivity index (χ1n) is 5.86. The molecule has 0 bridgehead atoms. The minimum atomic E-state index is 0.527. The summed E-state index contributed by atoms with van der Waals surface area (Å²) in [4.78, 5) is 0. The molecule has 0 amide bonds. The maximum Gasteiger partial charge on any atom is 0.119 e. The van der Waals surface area contributed by atoms with Crippen molar-refractivity contribution in [1.82, 2.24) is 5.32 Å².